The Morgan fingerprint density at radius 2 is 1.66 bits per heavy atom. The van der Waals surface area contributed by atoms with Crippen molar-refractivity contribution in [3.05, 3.63) is 65.2 Å². The Morgan fingerprint density at radius 1 is 1.00 bits per heavy atom. The minimum absolute atomic E-state index is 0.0350. The first-order chi connectivity index (χ1) is 15.3. The molecule has 32 heavy (non-hydrogen) atoms. The molecule has 2 aliphatic heterocycles. The SMILES string of the molecule is CC(=O)OC1CN(Cc2ccccc2)CC1N1CCN(S(=O)(=O)c2ccccc2Cl)CC1. The van der Waals surface area contributed by atoms with Crippen molar-refractivity contribution >= 4 is 27.6 Å². The van der Waals surface area contributed by atoms with Gasteiger partial charge in [0.15, 0.2) is 0 Å². The molecular formula is C23H28ClN3O4S. The lowest BCUT2D eigenvalue weighted by molar-refractivity contribution is -0.148. The Balaban J connectivity index is 1.42. The van der Waals surface area contributed by atoms with E-state index in [-0.39, 0.29) is 28.0 Å². The van der Waals surface area contributed by atoms with Gasteiger partial charge < -0.3 is 4.74 Å². The number of halogens is 1. The van der Waals surface area contributed by atoms with Crippen LogP contribution >= 0.6 is 11.6 Å². The summed E-state index contributed by atoms with van der Waals surface area (Å²) >= 11 is 6.14. The summed E-state index contributed by atoms with van der Waals surface area (Å²) in [6.45, 7) is 5.55. The second kappa shape index (κ2) is 9.89. The second-order valence-electron chi connectivity index (χ2n) is 8.27. The van der Waals surface area contributed by atoms with Crippen molar-refractivity contribution in [2.75, 3.05) is 39.3 Å². The lowest BCUT2D eigenvalue weighted by atomic mass is 10.1. The molecule has 7 nitrogen and oxygen atoms in total. The molecule has 0 amide bonds. The fraction of sp³-hybridized carbons (Fsp3) is 0.435. The number of esters is 1. The van der Waals surface area contributed by atoms with Crippen LogP contribution < -0.4 is 0 Å². The number of sulfonamides is 1. The van der Waals surface area contributed by atoms with Crippen molar-refractivity contribution in [1.82, 2.24) is 14.1 Å². The first-order valence-electron chi connectivity index (χ1n) is 10.8. The van der Waals surface area contributed by atoms with E-state index in [0.29, 0.717) is 32.7 Å². The van der Waals surface area contributed by atoms with E-state index in [1.807, 2.05) is 18.2 Å². The van der Waals surface area contributed by atoms with Crippen LogP contribution in [0.25, 0.3) is 0 Å². The molecule has 2 fully saturated rings. The number of rotatable bonds is 6. The van der Waals surface area contributed by atoms with Gasteiger partial charge in [0.1, 0.15) is 11.0 Å². The monoisotopic (exact) mass is 477 g/mol. The maximum Gasteiger partial charge on any atom is 0.303 e. The third-order valence-electron chi connectivity index (χ3n) is 6.08. The summed E-state index contributed by atoms with van der Waals surface area (Å²) in [6, 6.07) is 16.8. The number of nitrogens with zero attached hydrogens (tertiary/aromatic N) is 3. The molecule has 0 spiro atoms. The lowest BCUT2D eigenvalue weighted by Crippen LogP contribution is -2.55. The Kier molecular flexibility index (Phi) is 7.17. The summed E-state index contributed by atoms with van der Waals surface area (Å²) in [5.74, 6) is -0.290. The number of benzene rings is 2. The van der Waals surface area contributed by atoms with Crippen LogP contribution in [0.2, 0.25) is 5.02 Å². The molecule has 2 unspecified atom stereocenters. The summed E-state index contributed by atoms with van der Waals surface area (Å²) in [6.07, 6.45) is -0.233. The lowest BCUT2D eigenvalue weighted by Gasteiger charge is -2.38. The standard InChI is InChI=1S/C23H28ClN3O4S/c1-18(28)31-22-17-25(15-19-7-3-2-4-8-19)16-21(22)26-11-13-27(14-12-26)32(29,30)23-10-6-5-9-20(23)24/h2-10,21-22H,11-17H2,1H3. The number of hydrogen-bond donors (Lipinski definition) is 0. The molecule has 0 aliphatic carbocycles. The first kappa shape index (κ1) is 23.2. The summed E-state index contributed by atoms with van der Waals surface area (Å²) in [4.78, 5) is 16.4. The van der Waals surface area contributed by atoms with E-state index in [9.17, 15) is 13.2 Å². The molecule has 2 aliphatic rings. The Hall–Kier alpha value is -1.97. The number of ether oxygens (including phenoxy) is 1. The van der Waals surface area contributed by atoms with E-state index in [1.165, 1.54) is 16.8 Å². The number of piperazine rings is 1. The summed E-state index contributed by atoms with van der Waals surface area (Å²) in [7, 11) is -3.64. The third-order valence-corrected chi connectivity index (χ3v) is 8.47. The van der Waals surface area contributed by atoms with Crippen LogP contribution in [0.5, 0.6) is 0 Å². The number of carbonyl (C=O) groups is 1. The topological polar surface area (TPSA) is 70.2 Å². The minimum atomic E-state index is -3.64. The van der Waals surface area contributed by atoms with E-state index >= 15 is 0 Å². The fourth-order valence-electron chi connectivity index (χ4n) is 4.55. The van der Waals surface area contributed by atoms with Gasteiger partial charge in [0.2, 0.25) is 10.0 Å². The van der Waals surface area contributed by atoms with Crippen molar-refractivity contribution < 1.29 is 17.9 Å². The van der Waals surface area contributed by atoms with Crippen LogP contribution in [0.1, 0.15) is 12.5 Å². The van der Waals surface area contributed by atoms with Crippen LogP contribution in [-0.2, 0) is 26.1 Å². The molecule has 2 aromatic rings. The van der Waals surface area contributed by atoms with Crippen LogP contribution in [0.4, 0.5) is 0 Å². The van der Waals surface area contributed by atoms with Crippen LogP contribution in [0.3, 0.4) is 0 Å². The van der Waals surface area contributed by atoms with Crippen LogP contribution in [0.15, 0.2) is 59.5 Å². The van der Waals surface area contributed by atoms with Crippen molar-refractivity contribution in [1.29, 1.82) is 0 Å². The molecule has 0 radical (unpaired) electrons. The molecular weight excluding hydrogens is 450 g/mol. The van der Waals surface area contributed by atoms with E-state index in [1.54, 1.807) is 24.3 Å². The van der Waals surface area contributed by atoms with Crippen molar-refractivity contribution in [2.24, 2.45) is 0 Å². The molecule has 2 atom stereocenters. The predicted molar refractivity (Wildman–Crippen MR) is 123 cm³/mol. The average molecular weight is 478 g/mol. The molecule has 2 heterocycles. The third kappa shape index (κ3) is 5.15. The van der Waals surface area contributed by atoms with Crippen molar-refractivity contribution in [2.45, 2.75) is 30.5 Å². The zero-order valence-electron chi connectivity index (χ0n) is 18.1. The summed E-state index contributed by atoms with van der Waals surface area (Å²) in [5, 5.41) is 0.234. The first-order valence-corrected chi connectivity index (χ1v) is 12.6. The zero-order chi connectivity index (χ0) is 22.7. The highest BCUT2D eigenvalue weighted by Gasteiger charge is 2.41. The molecule has 0 bridgehead atoms. The Morgan fingerprint density at radius 3 is 2.31 bits per heavy atom. The average Bonchev–Trinajstić information content (AvgIpc) is 3.16. The summed E-state index contributed by atoms with van der Waals surface area (Å²) in [5.41, 5.74) is 1.21. The number of hydrogen-bond acceptors (Lipinski definition) is 6. The highest BCUT2D eigenvalue weighted by Crippen LogP contribution is 2.27. The van der Waals surface area contributed by atoms with E-state index in [0.717, 1.165) is 13.1 Å². The van der Waals surface area contributed by atoms with Crippen LogP contribution in [-0.4, -0.2) is 79.9 Å². The van der Waals surface area contributed by atoms with Gasteiger partial charge in [-0.05, 0) is 17.7 Å². The van der Waals surface area contributed by atoms with E-state index in [2.05, 4.69) is 21.9 Å². The molecule has 2 aromatic carbocycles. The summed E-state index contributed by atoms with van der Waals surface area (Å²) < 4.78 is 33.2. The van der Waals surface area contributed by atoms with Crippen molar-refractivity contribution in [3.63, 3.8) is 0 Å². The van der Waals surface area contributed by atoms with Gasteiger partial charge >= 0.3 is 5.97 Å². The quantitative estimate of drug-likeness (QED) is 0.595. The van der Waals surface area contributed by atoms with Crippen molar-refractivity contribution in [3.8, 4) is 0 Å². The van der Waals surface area contributed by atoms with E-state index in [4.69, 9.17) is 16.3 Å². The van der Waals surface area contributed by atoms with Gasteiger partial charge in [0.05, 0.1) is 11.1 Å². The van der Waals surface area contributed by atoms with Gasteiger partial charge in [-0.1, -0.05) is 54.1 Å². The highest BCUT2D eigenvalue weighted by molar-refractivity contribution is 7.89. The van der Waals surface area contributed by atoms with Crippen LogP contribution in [0, 0.1) is 0 Å². The number of carbonyl (C=O) groups excluding carboxylic acids is 1. The second-order valence-corrected chi connectivity index (χ2v) is 10.6. The Labute approximate surface area is 194 Å². The maximum atomic E-state index is 13.0. The van der Waals surface area contributed by atoms with Gasteiger partial charge in [-0.15, -0.1) is 0 Å². The normalized spacial score (nSPS) is 23.3. The van der Waals surface area contributed by atoms with Gasteiger partial charge in [-0.2, -0.15) is 4.31 Å². The smallest absolute Gasteiger partial charge is 0.303 e. The molecule has 0 aromatic heterocycles. The highest BCUT2D eigenvalue weighted by atomic mass is 35.5. The van der Waals surface area contributed by atoms with Gasteiger partial charge in [0, 0.05) is 52.7 Å². The largest absolute Gasteiger partial charge is 0.459 e. The molecule has 172 valence electrons. The molecule has 4 rings (SSSR count). The van der Waals surface area contributed by atoms with Gasteiger partial charge in [-0.25, -0.2) is 8.42 Å². The molecule has 0 N–H and O–H groups in total. The minimum Gasteiger partial charge on any atom is -0.459 e. The zero-order valence-corrected chi connectivity index (χ0v) is 19.6. The maximum absolute atomic E-state index is 13.0. The molecule has 0 saturated carbocycles. The van der Waals surface area contributed by atoms with Gasteiger partial charge in [-0.3, -0.25) is 14.6 Å². The molecule has 2 saturated heterocycles. The fourth-order valence-corrected chi connectivity index (χ4v) is 6.47. The Bertz CT molecular complexity index is 1040. The van der Waals surface area contributed by atoms with Gasteiger partial charge in [0.25, 0.3) is 0 Å². The molecule has 9 heteroatoms. The number of likely N-dealkylation sites (tertiary alicyclic amines) is 1. The predicted octanol–water partition coefficient (Wildman–Crippen LogP) is 2.46. The van der Waals surface area contributed by atoms with E-state index < -0.39 is 10.0 Å².